The van der Waals surface area contributed by atoms with E-state index < -0.39 is 17.9 Å². The first-order valence-corrected chi connectivity index (χ1v) is 10.7. The Labute approximate surface area is 183 Å². The zero-order chi connectivity index (χ0) is 22.5. The van der Waals surface area contributed by atoms with Crippen LogP contribution in [0.25, 0.3) is 0 Å². The van der Waals surface area contributed by atoms with Crippen molar-refractivity contribution in [3.8, 4) is 5.75 Å². The maximum atomic E-state index is 11.9. The molecule has 0 spiro atoms. The number of aliphatic hydroxyl groups excluding tert-OH is 1. The summed E-state index contributed by atoms with van der Waals surface area (Å²) in [6.07, 6.45) is 3.69. The van der Waals surface area contributed by atoms with E-state index >= 15 is 0 Å². The molecule has 0 aromatic heterocycles. The minimum atomic E-state index is -0.987. The molecule has 0 saturated carbocycles. The van der Waals surface area contributed by atoms with Gasteiger partial charge in [0.1, 0.15) is 12.4 Å². The van der Waals surface area contributed by atoms with E-state index in [4.69, 9.17) is 21.3 Å². The van der Waals surface area contributed by atoms with Gasteiger partial charge in [-0.3, -0.25) is 14.9 Å². The largest absolute Gasteiger partial charge is 0.489 e. The lowest BCUT2D eigenvalue weighted by atomic mass is 10.0. The highest BCUT2D eigenvalue weighted by atomic mass is 16.5. The first-order chi connectivity index (χ1) is 15.0. The summed E-state index contributed by atoms with van der Waals surface area (Å²) in [6.45, 7) is 0.335. The highest BCUT2D eigenvalue weighted by molar-refractivity contribution is 5.97. The number of imide groups is 1. The van der Waals surface area contributed by atoms with Gasteiger partial charge in [-0.05, 0) is 49.1 Å². The summed E-state index contributed by atoms with van der Waals surface area (Å²) >= 11 is 0. The molecule has 2 rings (SSSR count). The lowest BCUT2D eigenvalue weighted by Gasteiger charge is -2.18. The Hall–Kier alpha value is -2.74. The average molecular weight is 428 g/mol. The molecule has 31 heavy (non-hydrogen) atoms. The third-order valence-electron chi connectivity index (χ3n) is 5.15. The van der Waals surface area contributed by atoms with Gasteiger partial charge in [-0.1, -0.05) is 48.9 Å². The predicted molar refractivity (Wildman–Crippen MR) is 120 cm³/mol. The van der Waals surface area contributed by atoms with Gasteiger partial charge in [-0.2, -0.15) is 0 Å². The minimum Gasteiger partial charge on any atom is -0.489 e. The molecule has 2 atom stereocenters. The number of unbranched alkanes of at least 4 members (excludes halogenated alkanes) is 2. The van der Waals surface area contributed by atoms with Gasteiger partial charge in [0.15, 0.2) is 0 Å². The smallest absolute Gasteiger partial charge is 0.243 e. The number of nitrogens with one attached hydrogen (secondary N) is 1. The Bertz CT molecular complexity index is 792. The fourth-order valence-electron chi connectivity index (χ4n) is 3.12. The van der Waals surface area contributed by atoms with E-state index in [1.807, 2.05) is 42.5 Å². The summed E-state index contributed by atoms with van der Waals surface area (Å²) in [5.74, 6) is -0.661. The zero-order valence-electron chi connectivity index (χ0n) is 17.8. The summed E-state index contributed by atoms with van der Waals surface area (Å²) in [6, 6.07) is 17.1. The second kappa shape index (κ2) is 13.5. The van der Waals surface area contributed by atoms with Crippen LogP contribution in [0.15, 0.2) is 54.6 Å². The van der Waals surface area contributed by atoms with E-state index in [0.717, 1.165) is 30.6 Å². The molecule has 2 aromatic rings. The van der Waals surface area contributed by atoms with Crippen LogP contribution in [0.3, 0.4) is 0 Å². The van der Waals surface area contributed by atoms with Gasteiger partial charge < -0.3 is 21.3 Å². The number of aryl methyl sites for hydroxylation is 1. The van der Waals surface area contributed by atoms with Gasteiger partial charge in [-0.25, -0.2) is 0 Å². The van der Waals surface area contributed by atoms with Crippen LogP contribution in [0.5, 0.6) is 5.75 Å². The van der Waals surface area contributed by atoms with Crippen LogP contribution in [0.4, 0.5) is 0 Å². The number of hydrogen-bond donors (Lipinski definition) is 4. The van der Waals surface area contributed by atoms with Crippen molar-refractivity contribution in [1.29, 1.82) is 0 Å². The molecule has 7 heteroatoms. The summed E-state index contributed by atoms with van der Waals surface area (Å²) < 4.78 is 5.79. The normalized spacial score (nSPS) is 12.7. The average Bonchev–Trinajstić information content (AvgIpc) is 2.79. The number of amides is 2. The SMILES string of the molecule is NCC(CO)C(N)C(=O)NC(=O)CCCCCc1ccc(OCc2ccccc2)cc1. The number of hydrogen-bond acceptors (Lipinski definition) is 6. The van der Waals surface area contributed by atoms with Crippen molar-refractivity contribution >= 4 is 11.8 Å². The summed E-state index contributed by atoms with van der Waals surface area (Å²) in [5, 5.41) is 11.4. The quantitative estimate of drug-likeness (QED) is 0.362. The molecule has 0 heterocycles. The van der Waals surface area contributed by atoms with E-state index in [2.05, 4.69) is 17.4 Å². The third-order valence-corrected chi connectivity index (χ3v) is 5.15. The molecular weight excluding hydrogens is 394 g/mol. The lowest BCUT2D eigenvalue weighted by molar-refractivity contribution is -0.132. The molecule has 6 N–H and O–H groups in total. The number of aliphatic hydroxyl groups is 1. The van der Waals surface area contributed by atoms with Crippen LogP contribution in [0, 0.1) is 5.92 Å². The summed E-state index contributed by atoms with van der Waals surface area (Å²) in [4.78, 5) is 23.8. The molecule has 0 bridgehead atoms. The first-order valence-electron chi connectivity index (χ1n) is 10.7. The molecule has 2 amide bonds. The maximum absolute atomic E-state index is 11.9. The van der Waals surface area contributed by atoms with Crippen molar-refractivity contribution in [2.24, 2.45) is 17.4 Å². The number of rotatable bonds is 13. The molecular formula is C24H33N3O4. The zero-order valence-corrected chi connectivity index (χ0v) is 17.8. The molecule has 0 saturated heterocycles. The Kier molecular flexibility index (Phi) is 10.7. The highest BCUT2D eigenvalue weighted by Crippen LogP contribution is 2.16. The molecule has 0 aliphatic heterocycles. The molecule has 7 nitrogen and oxygen atoms in total. The van der Waals surface area contributed by atoms with E-state index in [0.29, 0.717) is 13.0 Å². The van der Waals surface area contributed by atoms with Gasteiger partial charge in [-0.15, -0.1) is 0 Å². The molecule has 0 aliphatic rings. The number of nitrogens with two attached hydrogens (primary N) is 2. The topological polar surface area (TPSA) is 128 Å². The fraction of sp³-hybridized carbons (Fsp3) is 0.417. The molecule has 0 fully saturated rings. The van der Waals surface area contributed by atoms with Gasteiger partial charge in [0.25, 0.3) is 0 Å². The highest BCUT2D eigenvalue weighted by Gasteiger charge is 2.24. The minimum absolute atomic E-state index is 0.0827. The Morgan fingerprint density at radius 2 is 1.68 bits per heavy atom. The summed E-state index contributed by atoms with van der Waals surface area (Å²) in [7, 11) is 0. The second-order valence-corrected chi connectivity index (χ2v) is 7.60. The monoisotopic (exact) mass is 427 g/mol. The molecule has 0 aliphatic carbocycles. The van der Waals surface area contributed by atoms with Crippen LogP contribution < -0.4 is 21.5 Å². The van der Waals surface area contributed by atoms with Crippen LogP contribution in [0.2, 0.25) is 0 Å². The Morgan fingerprint density at radius 1 is 0.968 bits per heavy atom. The van der Waals surface area contributed by atoms with Crippen molar-refractivity contribution in [3.63, 3.8) is 0 Å². The first kappa shape index (κ1) is 24.5. The number of ether oxygens (including phenoxy) is 1. The lowest BCUT2D eigenvalue weighted by Crippen LogP contribution is -2.50. The van der Waals surface area contributed by atoms with Crippen molar-refractivity contribution in [2.75, 3.05) is 13.2 Å². The van der Waals surface area contributed by atoms with Crippen molar-refractivity contribution in [2.45, 2.75) is 44.8 Å². The molecule has 0 radical (unpaired) electrons. The number of carbonyl (C=O) groups excluding carboxylic acids is 2. The van der Waals surface area contributed by atoms with Crippen LogP contribution in [-0.4, -0.2) is 36.1 Å². The molecule has 2 aromatic carbocycles. The number of benzene rings is 2. The molecule has 168 valence electrons. The summed E-state index contributed by atoms with van der Waals surface area (Å²) in [5.41, 5.74) is 13.5. The fourth-order valence-corrected chi connectivity index (χ4v) is 3.12. The van der Waals surface area contributed by atoms with E-state index in [9.17, 15) is 9.59 Å². The number of carbonyl (C=O) groups is 2. The third kappa shape index (κ3) is 8.88. The van der Waals surface area contributed by atoms with Gasteiger partial charge in [0, 0.05) is 18.9 Å². The second-order valence-electron chi connectivity index (χ2n) is 7.60. The van der Waals surface area contributed by atoms with Crippen LogP contribution in [-0.2, 0) is 22.6 Å². The molecule has 2 unspecified atom stereocenters. The van der Waals surface area contributed by atoms with Crippen molar-refractivity contribution in [3.05, 3.63) is 65.7 Å². The van der Waals surface area contributed by atoms with Crippen LogP contribution in [0.1, 0.15) is 36.8 Å². The maximum Gasteiger partial charge on any atom is 0.243 e. The van der Waals surface area contributed by atoms with E-state index in [1.165, 1.54) is 5.56 Å². The Morgan fingerprint density at radius 3 is 2.32 bits per heavy atom. The van der Waals surface area contributed by atoms with E-state index in [-0.39, 0.29) is 25.5 Å². The van der Waals surface area contributed by atoms with Crippen LogP contribution >= 0.6 is 0 Å². The van der Waals surface area contributed by atoms with Crippen molar-refractivity contribution in [1.82, 2.24) is 5.32 Å². The van der Waals surface area contributed by atoms with Gasteiger partial charge in [0.2, 0.25) is 11.8 Å². The van der Waals surface area contributed by atoms with Gasteiger partial charge in [0.05, 0.1) is 6.04 Å². The Balaban J connectivity index is 1.60. The van der Waals surface area contributed by atoms with Gasteiger partial charge >= 0.3 is 0 Å². The predicted octanol–water partition coefficient (Wildman–Crippen LogP) is 1.91. The van der Waals surface area contributed by atoms with E-state index in [1.54, 1.807) is 0 Å². The van der Waals surface area contributed by atoms with Crippen molar-refractivity contribution < 1.29 is 19.4 Å². The standard InChI is InChI=1S/C24H33N3O4/c25-15-20(16-28)23(26)24(30)27-22(29)10-6-2-3-7-18-11-13-21(14-12-18)31-17-19-8-4-1-5-9-19/h1,4-5,8-9,11-14,20,23,28H,2-3,6-7,10,15-17,25-26H2,(H,27,29,30).